The van der Waals surface area contributed by atoms with Gasteiger partial charge in [0.2, 0.25) is 5.91 Å². The van der Waals surface area contributed by atoms with Gasteiger partial charge in [0.1, 0.15) is 11.6 Å². The smallest absolute Gasteiger partial charge is 0.352 e. The van der Waals surface area contributed by atoms with Gasteiger partial charge in [-0.2, -0.15) is 18.2 Å². The number of anilines is 1. The number of aromatic nitrogens is 2. The van der Waals surface area contributed by atoms with Crippen molar-refractivity contribution in [3.63, 3.8) is 0 Å². The highest BCUT2D eigenvalue weighted by molar-refractivity contribution is 9.11. The van der Waals surface area contributed by atoms with Crippen molar-refractivity contribution < 1.29 is 26.7 Å². The van der Waals surface area contributed by atoms with Crippen LogP contribution in [0.1, 0.15) is 44.4 Å². The summed E-state index contributed by atoms with van der Waals surface area (Å²) in [5.41, 5.74) is -1.46. The van der Waals surface area contributed by atoms with E-state index in [0.717, 1.165) is 18.2 Å². The Balaban J connectivity index is 2.01. The molecule has 1 saturated heterocycles. The minimum atomic E-state index is -4.80. The van der Waals surface area contributed by atoms with Crippen LogP contribution in [0.2, 0.25) is 0 Å². The summed E-state index contributed by atoms with van der Waals surface area (Å²) < 4.78 is 71.4. The molecule has 13 heteroatoms. The number of alkyl halides is 3. The third-order valence-corrected chi connectivity index (χ3v) is 9.12. The van der Waals surface area contributed by atoms with Crippen LogP contribution in [0.5, 0.6) is 0 Å². The molecule has 1 amide bonds. The Bertz CT molecular complexity index is 1520. The molecule has 0 aliphatic carbocycles. The van der Waals surface area contributed by atoms with Crippen LogP contribution in [0.15, 0.2) is 57.2 Å². The molecule has 4 rings (SSSR count). The van der Waals surface area contributed by atoms with E-state index >= 15 is 0 Å². The highest BCUT2D eigenvalue weighted by Gasteiger charge is 2.39. The molecule has 0 saturated carbocycles. The van der Waals surface area contributed by atoms with E-state index in [4.69, 9.17) is 0 Å². The van der Waals surface area contributed by atoms with E-state index in [2.05, 4.69) is 27.5 Å². The average molecular weight is 660 g/mol. The van der Waals surface area contributed by atoms with Crippen molar-refractivity contribution in [2.45, 2.75) is 56.4 Å². The minimum Gasteiger partial charge on any atom is -0.352 e. The number of thioether (sulfide) groups is 1. The normalized spacial score (nSPS) is 22.1. The van der Waals surface area contributed by atoms with Gasteiger partial charge in [-0.05, 0) is 54.4 Å². The maximum atomic E-state index is 14.6. The lowest BCUT2D eigenvalue weighted by atomic mass is 10.00. The third-order valence-electron chi connectivity index (χ3n) is 7.23. The van der Waals surface area contributed by atoms with Crippen molar-refractivity contribution in [2.75, 3.05) is 23.7 Å². The molecular weight excluding hydrogens is 631 g/mol. The predicted octanol–water partition coefficient (Wildman–Crippen LogP) is 7.16. The summed E-state index contributed by atoms with van der Waals surface area (Å²) in [4.78, 5) is 33.8. The minimum absolute atomic E-state index is 0.0197. The van der Waals surface area contributed by atoms with Crippen LogP contribution >= 0.6 is 27.7 Å². The summed E-state index contributed by atoms with van der Waals surface area (Å²) in [7, 11) is 0. The number of nitrogens with zero attached hydrogens (tertiary/aromatic N) is 4. The first kappa shape index (κ1) is 31.0. The number of amides is 1. The quantitative estimate of drug-likeness (QED) is 0.187. The molecule has 6 nitrogen and oxygen atoms in total. The zero-order valence-electron chi connectivity index (χ0n) is 22.5. The van der Waals surface area contributed by atoms with E-state index in [1.807, 2.05) is 20.8 Å². The van der Waals surface area contributed by atoms with Gasteiger partial charge in [-0.1, -0.05) is 19.6 Å². The summed E-state index contributed by atoms with van der Waals surface area (Å²) in [6.07, 6.45) is -0.314. The average Bonchev–Trinajstić information content (AvgIpc) is 2.92. The lowest BCUT2D eigenvalue weighted by Gasteiger charge is -2.45. The van der Waals surface area contributed by atoms with Crippen molar-refractivity contribution in [1.82, 2.24) is 14.5 Å². The molecule has 220 valence electrons. The monoisotopic (exact) mass is 658 g/mol. The Morgan fingerprint density at radius 1 is 1.24 bits per heavy atom. The SMILES string of the molecule is C=CC(=O)N1C(C)CN(c2nc(=O)n3c4c(c(/C=C/C(Br)=C(F)\C=C\F)c(C(F)(F)F)cc24)SCC3CC)CC1C. The number of rotatable bonds is 6. The molecule has 3 heterocycles. The van der Waals surface area contributed by atoms with E-state index in [1.54, 1.807) is 9.80 Å². The van der Waals surface area contributed by atoms with E-state index in [9.17, 15) is 31.5 Å². The molecule has 1 fully saturated rings. The van der Waals surface area contributed by atoms with Gasteiger partial charge >= 0.3 is 11.9 Å². The number of hydrogen-bond donors (Lipinski definition) is 0. The van der Waals surface area contributed by atoms with E-state index in [-0.39, 0.29) is 69.6 Å². The Morgan fingerprint density at radius 2 is 1.90 bits per heavy atom. The Hall–Kier alpha value is -2.93. The molecule has 0 radical (unpaired) electrons. The van der Waals surface area contributed by atoms with Gasteiger partial charge in [-0.3, -0.25) is 9.36 Å². The fraction of sp³-hybridized carbons (Fsp3) is 0.393. The number of carbonyl (C=O) groups excluding carboxylic acids is 1. The topological polar surface area (TPSA) is 58.4 Å². The largest absolute Gasteiger partial charge is 0.417 e. The van der Waals surface area contributed by atoms with Crippen LogP contribution in [0.4, 0.5) is 27.8 Å². The number of piperazine rings is 1. The van der Waals surface area contributed by atoms with Gasteiger partial charge in [0.15, 0.2) is 0 Å². The second-order valence-electron chi connectivity index (χ2n) is 9.90. The van der Waals surface area contributed by atoms with Crippen molar-refractivity contribution >= 4 is 56.4 Å². The first-order valence-electron chi connectivity index (χ1n) is 12.9. The molecule has 2 aliphatic rings. The van der Waals surface area contributed by atoms with Gasteiger partial charge in [0, 0.05) is 58.9 Å². The fourth-order valence-corrected chi connectivity index (χ4v) is 7.15. The van der Waals surface area contributed by atoms with Crippen LogP contribution in [-0.2, 0) is 11.0 Å². The first-order valence-corrected chi connectivity index (χ1v) is 14.6. The highest BCUT2D eigenvalue weighted by Crippen LogP contribution is 2.47. The zero-order chi connectivity index (χ0) is 30.2. The molecule has 41 heavy (non-hydrogen) atoms. The summed E-state index contributed by atoms with van der Waals surface area (Å²) >= 11 is 4.13. The molecule has 2 aliphatic heterocycles. The summed E-state index contributed by atoms with van der Waals surface area (Å²) in [5, 5.41) is 0.166. The van der Waals surface area contributed by atoms with Gasteiger partial charge < -0.3 is 9.80 Å². The van der Waals surface area contributed by atoms with E-state index < -0.39 is 23.3 Å². The van der Waals surface area contributed by atoms with Gasteiger partial charge in [-0.15, -0.1) is 11.8 Å². The van der Waals surface area contributed by atoms with Crippen LogP contribution in [-0.4, -0.2) is 51.3 Å². The third kappa shape index (κ3) is 5.88. The molecule has 0 spiro atoms. The highest BCUT2D eigenvalue weighted by atomic mass is 79.9. The van der Waals surface area contributed by atoms with E-state index in [1.165, 1.54) is 22.4 Å². The second kappa shape index (κ2) is 12.1. The molecule has 0 bridgehead atoms. The van der Waals surface area contributed by atoms with Gasteiger partial charge in [0.05, 0.1) is 21.9 Å². The Morgan fingerprint density at radius 3 is 2.46 bits per heavy atom. The second-order valence-corrected chi connectivity index (χ2v) is 11.8. The summed E-state index contributed by atoms with van der Waals surface area (Å²) in [5.74, 6) is -0.809. The zero-order valence-corrected chi connectivity index (χ0v) is 24.9. The number of carbonyl (C=O) groups is 1. The fourth-order valence-electron chi connectivity index (χ4n) is 5.46. The van der Waals surface area contributed by atoms with Crippen LogP contribution in [0, 0.1) is 0 Å². The molecule has 2 aromatic rings. The molecule has 0 N–H and O–H groups in total. The first-order chi connectivity index (χ1) is 19.3. The summed E-state index contributed by atoms with van der Waals surface area (Å²) in [6, 6.07) is 0.0450. The van der Waals surface area contributed by atoms with Gasteiger partial charge in [-0.25, -0.2) is 13.6 Å². The maximum absolute atomic E-state index is 14.6. The number of hydrogen-bond acceptors (Lipinski definition) is 5. The number of benzene rings is 1. The molecule has 3 atom stereocenters. The Labute approximate surface area is 246 Å². The van der Waals surface area contributed by atoms with Crippen LogP contribution in [0.3, 0.4) is 0 Å². The van der Waals surface area contributed by atoms with Crippen molar-refractivity contribution in [3.8, 4) is 0 Å². The van der Waals surface area contributed by atoms with E-state index in [0.29, 0.717) is 23.8 Å². The summed E-state index contributed by atoms with van der Waals surface area (Å²) in [6.45, 7) is 9.56. The standard InChI is InChI=1S/C28H28BrF5N4O2S/c1-5-17-14-41-25-18(7-8-21(29)22(31)9-10-30)20(28(32,33)34)11-19-24(25)38(17)27(40)35-26(19)36-12-15(3)37(16(4)13-36)23(39)6-2/h6-11,15-17H,2,5,12-14H2,1,3-4H3/b8-7+,10-9+,22-21-. The molecular formula is C28H28BrF5N4O2S. The van der Waals surface area contributed by atoms with Crippen molar-refractivity contribution in [2.24, 2.45) is 0 Å². The van der Waals surface area contributed by atoms with Crippen molar-refractivity contribution in [1.29, 1.82) is 0 Å². The number of allylic oxidation sites excluding steroid dienone is 4. The van der Waals surface area contributed by atoms with Gasteiger partial charge in [0.25, 0.3) is 0 Å². The number of halogens is 6. The lowest BCUT2D eigenvalue weighted by Crippen LogP contribution is -2.58. The van der Waals surface area contributed by atoms with Crippen LogP contribution in [0.25, 0.3) is 17.0 Å². The molecule has 3 unspecified atom stereocenters. The molecule has 1 aromatic carbocycles. The van der Waals surface area contributed by atoms with Crippen molar-refractivity contribution in [3.05, 3.63) is 69.1 Å². The van der Waals surface area contributed by atoms with Crippen LogP contribution < -0.4 is 10.6 Å². The Kier molecular flexibility index (Phi) is 9.17. The maximum Gasteiger partial charge on any atom is 0.417 e. The lowest BCUT2D eigenvalue weighted by molar-refractivity contribution is -0.137. The predicted molar refractivity (Wildman–Crippen MR) is 156 cm³/mol. The molecule has 1 aromatic heterocycles.